The Morgan fingerprint density at radius 2 is 1.40 bits per heavy atom. The summed E-state index contributed by atoms with van der Waals surface area (Å²) in [6, 6.07) is 0. The van der Waals surface area contributed by atoms with Crippen LogP contribution in [0.25, 0.3) is 0 Å². The maximum Gasteiger partial charge on any atom is 0.0117 e. The van der Waals surface area contributed by atoms with E-state index < -0.39 is 0 Å². The molecule has 90 valence electrons. The largest absolute Gasteiger partial charge is 0.309 e. The molecule has 0 spiro atoms. The molecule has 0 radical (unpaired) electrons. The average Bonchev–Trinajstić information content (AvgIpc) is 2.01. The van der Waals surface area contributed by atoms with Crippen LogP contribution in [0.1, 0.15) is 61.8 Å². The Morgan fingerprint density at radius 3 is 1.67 bits per heavy atom. The van der Waals surface area contributed by atoms with Crippen LogP contribution >= 0.6 is 0 Å². The van der Waals surface area contributed by atoms with E-state index in [-0.39, 0.29) is 5.41 Å². The summed E-state index contributed by atoms with van der Waals surface area (Å²) >= 11 is 0. The van der Waals surface area contributed by atoms with Gasteiger partial charge in [-0.15, -0.1) is 0 Å². The van der Waals surface area contributed by atoms with Crippen molar-refractivity contribution in [3.8, 4) is 0 Å². The van der Waals surface area contributed by atoms with Gasteiger partial charge in [-0.25, -0.2) is 0 Å². The van der Waals surface area contributed by atoms with Crippen LogP contribution in [-0.4, -0.2) is 5.71 Å². The molecular weight excluding hydrogens is 182 g/mol. The zero-order valence-electron chi connectivity index (χ0n) is 11.9. The maximum absolute atomic E-state index is 7.83. The Morgan fingerprint density at radius 1 is 1.00 bits per heavy atom. The molecule has 0 heterocycles. The van der Waals surface area contributed by atoms with Crippen LogP contribution in [0.5, 0.6) is 0 Å². The second kappa shape index (κ2) is 4.67. The molecule has 0 saturated carbocycles. The van der Waals surface area contributed by atoms with Crippen molar-refractivity contribution in [1.82, 2.24) is 0 Å². The normalized spacial score (nSPS) is 17.3. The van der Waals surface area contributed by atoms with Crippen molar-refractivity contribution in [2.24, 2.45) is 22.7 Å². The Hall–Kier alpha value is -0.330. The fourth-order valence-electron chi connectivity index (χ4n) is 1.55. The SMILES string of the molecule is CC(=N)C(C)(C)C(C)CC(C)C(C)(C)C. The predicted molar refractivity (Wildman–Crippen MR) is 69.6 cm³/mol. The van der Waals surface area contributed by atoms with E-state index in [1.165, 1.54) is 6.42 Å². The molecule has 15 heavy (non-hydrogen) atoms. The second-order valence-corrected chi connectivity index (χ2v) is 6.75. The topological polar surface area (TPSA) is 23.9 Å². The first-order valence-electron chi connectivity index (χ1n) is 6.05. The molecule has 2 atom stereocenters. The minimum absolute atomic E-state index is 0.0412. The standard InChI is InChI=1S/C14H29N/c1-10(13(4,5)6)9-11(2)14(7,8)12(3)15/h10-11,15H,9H2,1-8H3. The van der Waals surface area contributed by atoms with E-state index >= 15 is 0 Å². The number of hydrogen-bond acceptors (Lipinski definition) is 1. The van der Waals surface area contributed by atoms with E-state index in [9.17, 15) is 0 Å². The summed E-state index contributed by atoms with van der Waals surface area (Å²) in [5.41, 5.74) is 1.22. The molecule has 0 aromatic carbocycles. The summed E-state index contributed by atoms with van der Waals surface area (Å²) in [5, 5.41) is 7.83. The summed E-state index contributed by atoms with van der Waals surface area (Å²) < 4.78 is 0. The third-order valence-corrected chi connectivity index (χ3v) is 4.38. The third-order valence-electron chi connectivity index (χ3n) is 4.38. The number of hydrogen-bond donors (Lipinski definition) is 1. The lowest BCUT2D eigenvalue weighted by atomic mass is 9.68. The molecular formula is C14H29N. The maximum atomic E-state index is 7.83. The smallest absolute Gasteiger partial charge is 0.0117 e. The first-order valence-corrected chi connectivity index (χ1v) is 6.05. The summed E-state index contributed by atoms with van der Waals surface area (Å²) in [6.07, 6.45) is 1.20. The highest BCUT2D eigenvalue weighted by Crippen LogP contribution is 2.37. The van der Waals surface area contributed by atoms with Crippen molar-refractivity contribution in [3.63, 3.8) is 0 Å². The lowest BCUT2D eigenvalue weighted by Gasteiger charge is -2.36. The molecule has 0 aliphatic carbocycles. The van der Waals surface area contributed by atoms with Gasteiger partial charge in [0.1, 0.15) is 0 Å². The van der Waals surface area contributed by atoms with Gasteiger partial charge >= 0.3 is 0 Å². The van der Waals surface area contributed by atoms with Crippen LogP contribution in [0.4, 0.5) is 0 Å². The van der Waals surface area contributed by atoms with Gasteiger partial charge in [-0.3, -0.25) is 0 Å². The highest BCUT2D eigenvalue weighted by Gasteiger charge is 2.31. The van der Waals surface area contributed by atoms with E-state index in [2.05, 4.69) is 48.5 Å². The van der Waals surface area contributed by atoms with Crippen molar-refractivity contribution in [1.29, 1.82) is 5.41 Å². The minimum atomic E-state index is 0.0412. The van der Waals surface area contributed by atoms with E-state index in [4.69, 9.17) is 5.41 Å². The molecule has 0 aliphatic heterocycles. The van der Waals surface area contributed by atoms with E-state index in [0.29, 0.717) is 17.3 Å². The number of nitrogens with one attached hydrogen (secondary N) is 1. The quantitative estimate of drug-likeness (QED) is 0.648. The molecule has 0 fully saturated rings. The first kappa shape index (κ1) is 14.7. The van der Waals surface area contributed by atoms with E-state index in [1.807, 2.05) is 6.92 Å². The monoisotopic (exact) mass is 211 g/mol. The van der Waals surface area contributed by atoms with Gasteiger partial charge in [0.15, 0.2) is 0 Å². The minimum Gasteiger partial charge on any atom is -0.309 e. The second-order valence-electron chi connectivity index (χ2n) is 6.75. The molecule has 2 unspecified atom stereocenters. The lowest BCUT2D eigenvalue weighted by molar-refractivity contribution is 0.181. The zero-order valence-corrected chi connectivity index (χ0v) is 11.9. The van der Waals surface area contributed by atoms with E-state index in [0.717, 1.165) is 5.71 Å². The fourth-order valence-corrected chi connectivity index (χ4v) is 1.55. The van der Waals surface area contributed by atoms with Gasteiger partial charge in [0, 0.05) is 11.1 Å². The summed E-state index contributed by atoms with van der Waals surface area (Å²) in [5.74, 6) is 1.27. The Bertz CT molecular complexity index is 220. The summed E-state index contributed by atoms with van der Waals surface area (Å²) in [6.45, 7) is 17.8. The van der Waals surface area contributed by atoms with Crippen LogP contribution in [0.15, 0.2) is 0 Å². The predicted octanol–water partition coefficient (Wildman–Crippen LogP) is 4.76. The van der Waals surface area contributed by atoms with E-state index in [1.54, 1.807) is 0 Å². The molecule has 0 aliphatic rings. The highest BCUT2D eigenvalue weighted by molar-refractivity contribution is 5.84. The number of rotatable bonds is 4. The van der Waals surface area contributed by atoms with Crippen molar-refractivity contribution in [3.05, 3.63) is 0 Å². The van der Waals surface area contributed by atoms with Crippen molar-refractivity contribution in [2.75, 3.05) is 0 Å². The molecule has 1 nitrogen and oxygen atoms in total. The van der Waals surface area contributed by atoms with Gasteiger partial charge in [0.05, 0.1) is 0 Å². The molecule has 0 aromatic rings. The molecule has 1 heteroatoms. The van der Waals surface area contributed by atoms with Crippen LogP contribution in [0, 0.1) is 28.1 Å². The lowest BCUT2D eigenvalue weighted by Crippen LogP contribution is -2.32. The van der Waals surface area contributed by atoms with Crippen molar-refractivity contribution in [2.45, 2.75) is 61.8 Å². The van der Waals surface area contributed by atoms with Crippen molar-refractivity contribution < 1.29 is 0 Å². The molecule has 1 N–H and O–H groups in total. The van der Waals surface area contributed by atoms with Crippen LogP contribution in [0.3, 0.4) is 0 Å². The highest BCUT2D eigenvalue weighted by atomic mass is 14.5. The van der Waals surface area contributed by atoms with Gasteiger partial charge in [-0.2, -0.15) is 0 Å². The third kappa shape index (κ3) is 3.96. The Labute approximate surface area is 96.2 Å². The molecule has 0 bridgehead atoms. The Kier molecular flexibility index (Phi) is 4.57. The van der Waals surface area contributed by atoms with Gasteiger partial charge in [-0.1, -0.05) is 48.5 Å². The fraction of sp³-hybridized carbons (Fsp3) is 0.929. The van der Waals surface area contributed by atoms with Gasteiger partial charge in [0.2, 0.25) is 0 Å². The van der Waals surface area contributed by atoms with Gasteiger partial charge in [0.25, 0.3) is 0 Å². The first-order chi connectivity index (χ1) is 6.49. The Balaban J connectivity index is 4.50. The molecule has 0 rings (SSSR count). The molecule has 0 saturated heterocycles. The van der Waals surface area contributed by atoms with Gasteiger partial charge < -0.3 is 5.41 Å². The zero-order chi connectivity index (χ0) is 12.4. The molecule has 0 aromatic heterocycles. The van der Waals surface area contributed by atoms with Crippen molar-refractivity contribution >= 4 is 5.71 Å². The summed E-state index contributed by atoms with van der Waals surface area (Å²) in [4.78, 5) is 0. The summed E-state index contributed by atoms with van der Waals surface area (Å²) in [7, 11) is 0. The van der Waals surface area contributed by atoms with Gasteiger partial charge in [-0.05, 0) is 30.6 Å². The average molecular weight is 211 g/mol. The van der Waals surface area contributed by atoms with Crippen LogP contribution in [0.2, 0.25) is 0 Å². The van der Waals surface area contributed by atoms with Crippen LogP contribution < -0.4 is 0 Å². The van der Waals surface area contributed by atoms with Crippen LogP contribution in [-0.2, 0) is 0 Å². The molecule has 0 amide bonds.